The third kappa shape index (κ3) is 6.47. The number of benzene rings is 2. The Morgan fingerprint density at radius 2 is 1.74 bits per heavy atom. The van der Waals surface area contributed by atoms with Crippen LogP contribution in [0.25, 0.3) is 22.4 Å². The van der Waals surface area contributed by atoms with E-state index in [1.807, 2.05) is 0 Å². The van der Waals surface area contributed by atoms with E-state index in [4.69, 9.17) is 10.5 Å². The van der Waals surface area contributed by atoms with Crippen LogP contribution in [0.3, 0.4) is 0 Å². The van der Waals surface area contributed by atoms with Crippen molar-refractivity contribution < 1.29 is 32.3 Å². The van der Waals surface area contributed by atoms with Gasteiger partial charge in [0.15, 0.2) is 0 Å². The molecule has 0 aliphatic carbocycles. The van der Waals surface area contributed by atoms with E-state index >= 15 is 0 Å². The van der Waals surface area contributed by atoms with Crippen LogP contribution in [0, 0.1) is 0 Å². The number of nitrogens with zero attached hydrogens (tertiary/aromatic N) is 3. The second kappa shape index (κ2) is 10.5. The molecule has 0 saturated heterocycles. The minimum atomic E-state index is -4.47. The van der Waals surface area contributed by atoms with Crippen LogP contribution in [0.2, 0.25) is 0 Å². The molecular weight excluding hydrogens is 513 g/mol. The summed E-state index contributed by atoms with van der Waals surface area (Å²) in [6.45, 7) is 3.98. The Morgan fingerprint density at radius 1 is 1.05 bits per heavy atom. The van der Waals surface area contributed by atoms with Crippen molar-refractivity contribution in [3.8, 4) is 22.4 Å². The number of fused-ring (bicyclic) bond motifs is 1. The predicted molar refractivity (Wildman–Crippen MR) is 137 cm³/mol. The molecule has 39 heavy (non-hydrogen) atoms. The molecule has 206 valence electrons. The van der Waals surface area contributed by atoms with Gasteiger partial charge in [-0.05, 0) is 50.5 Å². The number of nitrogens with two attached hydrogens (primary N) is 1. The number of hydrogen-bond donors (Lipinski definition) is 1. The summed E-state index contributed by atoms with van der Waals surface area (Å²) in [5.41, 5.74) is 7.73. The van der Waals surface area contributed by atoms with Gasteiger partial charge in [-0.2, -0.15) is 18.3 Å². The lowest BCUT2D eigenvalue weighted by Gasteiger charge is -2.25. The molecule has 4 rings (SSSR count). The van der Waals surface area contributed by atoms with Crippen LogP contribution in [0.1, 0.15) is 49.5 Å². The number of ether oxygens (including phenoxy) is 1. The molecule has 0 spiro atoms. The summed E-state index contributed by atoms with van der Waals surface area (Å²) in [6.07, 6.45) is -3.20. The van der Waals surface area contributed by atoms with Crippen molar-refractivity contribution in [3.05, 3.63) is 65.9 Å². The van der Waals surface area contributed by atoms with Crippen molar-refractivity contribution in [1.82, 2.24) is 14.7 Å². The molecule has 1 atom stereocenters. The summed E-state index contributed by atoms with van der Waals surface area (Å²) in [6, 6.07) is 12.5. The maximum Gasteiger partial charge on any atom is 0.408 e. The van der Waals surface area contributed by atoms with Crippen molar-refractivity contribution in [2.75, 3.05) is 0 Å². The first kappa shape index (κ1) is 27.9. The Bertz CT molecular complexity index is 1390. The van der Waals surface area contributed by atoms with E-state index in [2.05, 4.69) is 5.10 Å². The molecule has 2 amide bonds. The highest BCUT2D eigenvalue weighted by molar-refractivity contribution is 6.01. The topological polar surface area (TPSA) is 108 Å². The number of amides is 2. The highest BCUT2D eigenvalue weighted by Gasteiger charge is 2.36. The van der Waals surface area contributed by atoms with Gasteiger partial charge < -0.3 is 15.4 Å². The zero-order valence-electron chi connectivity index (χ0n) is 21.8. The van der Waals surface area contributed by atoms with Crippen LogP contribution in [0.5, 0.6) is 0 Å². The average molecular weight is 543 g/mol. The van der Waals surface area contributed by atoms with Crippen molar-refractivity contribution in [2.45, 2.75) is 64.5 Å². The third-order valence-electron chi connectivity index (χ3n) is 6.21. The largest absolute Gasteiger partial charge is 0.460 e. The molecule has 1 aliphatic heterocycles. The van der Waals surface area contributed by atoms with Crippen molar-refractivity contribution >= 4 is 17.8 Å². The van der Waals surface area contributed by atoms with Crippen molar-refractivity contribution in [2.24, 2.45) is 5.73 Å². The van der Waals surface area contributed by atoms with Gasteiger partial charge in [0.2, 0.25) is 5.91 Å². The Balaban J connectivity index is 1.63. The Hall–Kier alpha value is -4.15. The van der Waals surface area contributed by atoms with Gasteiger partial charge in [-0.25, -0.2) is 0 Å². The zero-order chi connectivity index (χ0) is 28.5. The van der Waals surface area contributed by atoms with Crippen LogP contribution in [-0.2, 0) is 27.4 Å². The van der Waals surface area contributed by atoms with Crippen LogP contribution >= 0.6 is 0 Å². The first-order chi connectivity index (χ1) is 18.2. The maximum atomic E-state index is 13.3. The Morgan fingerprint density at radius 3 is 2.36 bits per heavy atom. The molecule has 8 nitrogen and oxygen atoms in total. The van der Waals surface area contributed by atoms with E-state index in [0.717, 1.165) is 4.68 Å². The minimum absolute atomic E-state index is 0.000793. The van der Waals surface area contributed by atoms with E-state index in [1.165, 1.54) is 11.1 Å². The molecule has 0 fully saturated rings. The highest BCUT2D eigenvalue weighted by atomic mass is 19.4. The number of carbonyl (C=O) groups is 3. The van der Waals surface area contributed by atoms with Gasteiger partial charge in [0.25, 0.3) is 5.91 Å². The van der Waals surface area contributed by atoms with Gasteiger partial charge in [0, 0.05) is 29.7 Å². The molecule has 0 bridgehead atoms. The number of aromatic nitrogens is 2. The number of primary amides is 1. The fraction of sp³-hybridized carbons (Fsp3) is 0.357. The summed E-state index contributed by atoms with van der Waals surface area (Å²) in [7, 11) is 0. The lowest BCUT2D eigenvalue weighted by atomic mass is 9.98. The quantitative estimate of drug-likeness (QED) is 0.415. The third-order valence-corrected chi connectivity index (χ3v) is 6.21. The molecule has 11 heteroatoms. The molecule has 2 N–H and O–H groups in total. The average Bonchev–Trinajstić information content (AvgIpc) is 3.38. The monoisotopic (exact) mass is 542 g/mol. The van der Waals surface area contributed by atoms with Crippen LogP contribution in [-0.4, -0.2) is 50.3 Å². The standard InChI is InChI=1S/C28H29F3N4O4/c1-27(2,3)39-23(36)12-11-22(25(32)37)34-15-19-13-18(9-10-20(19)26(34)38)21-14-33-35(16-28(29,30)31)24(21)17-7-5-4-6-8-17/h4-10,13-14,22H,11-12,15-16H2,1-3H3,(H2,32,37)/t22-/m1/s1. The maximum absolute atomic E-state index is 13.3. The van der Waals surface area contributed by atoms with Gasteiger partial charge >= 0.3 is 12.1 Å². The fourth-order valence-corrected chi connectivity index (χ4v) is 4.65. The number of alkyl halides is 3. The number of hydrogen-bond acceptors (Lipinski definition) is 5. The summed E-state index contributed by atoms with van der Waals surface area (Å²) >= 11 is 0. The van der Waals surface area contributed by atoms with Gasteiger partial charge in [-0.3, -0.25) is 19.1 Å². The Labute approximate surface area is 223 Å². The predicted octanol–water partition coefficient (Wildman–Crippen LogP) is 4.71. The van der Waals surface area contributed by atoms with Crippen molar-refractivity contribution in [1.29, 1.82) is 0 Å². The van der Waals surface area contributed by atoms with Gasteiger partial charge in [0.05, 0.1) is 11.9 Å². The SMILES string of the molecule is CC(C)(C)OC(=O)CC[C@H](C(N)=O)N1Cc2cc(-c3cnn(CC(F)(F)F)c3-c3ccccc3)ccc2C1=O. The number of carbonyl (C=O) groups excluding carboxylic acids is 3. The summed E-state index contributed by atoms with van der Waals surface area (Å²) in [4.78, 5) is 38.9. The van der Waals surface area contributed by atoms with Gasteiger partial charge in [0.1, 0.15) is 18.2 Å². The van der Waals surface area contributed by atoms with E-state index in [0.29, 0.717) is 33.5 Å². The first-order valence-electron chi connectivity index (χ1n) is 12.4. The normalized spacial score (nSPS) is 14.3. The molecule has 0 radical (unpaired) electrons. The highest BCUT2D eigenvalue weighted by Crippen LogP contribution is 2.36. The molecule has 0 unspecified atom stereocenters. The van der Waals surface area contributed by atoms with Crippen LogP contribution in [0.15, 0.2) is 54.7 Å². The molecule has 2 aromatic carbocycles. The number of rotatable bonds is 8. The molecule has 2 heterocycles. The van der Waals surface area contributed by atoms with E-state index in [-0.39, 0.29) is 19.4 Å². The van der Waals surface area contributed by atoms with Gasteiger partial charge in [-0.15, -0.1) is 0 Å². The second-order valence-corrected chi connectivity index (χ2v) is 10.4. The molecule has 0 saturated carbocycles. The summed E-state index contributed by atoms with van der Waals surface area (Å²) < 4.78 is 46.0. The smallest absolute Gasteiger partial charge is 0.408 e. The lowest BCUT2D eigenvalue weighted by molar-refractivity contribution is -0.155. The number of halogens is 3. The molecular formula is C28H29F3N4O4. The van der Waals surface area contributed by atoms with Gasteiger partial charge in [-0.1, -0.05) is 36.4 Å². The van der Waals surface area contributed by atoms with Crippen LogP contribution < -0.4 is 5.73 Å². The van der Waals surface area contributed by atoms with Crippen LogP contribution in [0.4, 0.5) is 13.2 Å². The van der Waals surface area contributed by atoms with Crippen molar-refractivity contribution in [3.63, 3.8) is 0 Å². The first-order valence-corrected chi connectivity index (χ1v) is 12.4. The summed E-state index contributed by atoms with van der Waals surface area (Å²) in [5, 5.41) is 4.01. The zero-order valence-corrected chi connectivity index (χ0v) is 21.8. The molecule has 1 aliphatic rings. The molecule has 3 aromatic rings. The lowest BCUT2D eigenvalue weighted by Crippen LogP contribution is -2.45. The van der Waals surface area contributed by atoms with E-state index < -0.39 is 42.1 Å². The summed E-state index contributed by atoms with van der Waals surface area (Å²) in [5.74, 6) is -1.68. The minimum Gasteiger partial charge on any atom is -0.460 e. The fourth-order valence-electron chi connectivity index (χ4n) is 4.65. The molecule has 1 aromatic heterocycles. The Kier molecular flexibility index (Phi) is 7.54. The number of esters is 1. The van der Waals surface area contributed by atoms with E-state index in [1.54, 1.807) is 69.3 Å². The second-order valence-electron chi connectivity index (χ2n) is 10.4. The van der Waals surface area contributed by atoms with E-state index in [9.17, 15) is 27.6 Å².